The molecule has 2 aromatic rings. The molecule has 0 unspecified atom stereocenters. The molecule has 1 aromatic heterocycles. The minimum atomic E-state index is -0.351. The summed E-state index contributed by atoms with van der Waals surface area (Å²) in [6.45, 7) is 6.96. The van der Waals surface area contributed by atoms with Crippen molar-refractivity contribution in [3.63, 3.8) is 0 Å². The van der Waals surface area contributed by atoms with Gasteiger partial charge in [0, 0.05) is 21.9 Å². The molecule has 17 heavy (non-hydrogen) atoms. The number of carbonyl (C=O) groups excluding carboxylic acids is 1. The maximum absolute atomic E-state index is 11.1. The minimum absolute atomic E-state index is 0.183. The average Bonchev–Trinajstić information content (AvgIpc) is 2.53. The smallest absolute Gasteiger partial charge is 0.308 e. The van der Waals surface area contributed by atoms with Crippen LogP contribution in [0.2, 0.25) is 0 Å². The van der Waals surface area contributed by atoms with Gasteiger partial charge in [0.25, 0.3) is 0 Å². The number of thiophene rings is 1. The van der Waals surface area contributed by atoms with E-state index in [1.807, 2.05) is 6.92 Å². The first-order valence-electron chi connectivity index (χ1n) is 5.10. The summed E-state index contributed by atoms with van der Waals surface area (Å²) in [6.07, 6.45) is 1.64. The van der Waals surface area contributed by atoms with Crippen molar-refractivity contribution in [2.75, 3.05) is 0 Å². The summed E-state index contributed by atoms with van der Waals surface area (Å²) in [6, 6.07) is 3.27. The van der Waals surface area contributed by atoms with Crippen LogP contribution in [0.4, 0.5) is 0 Å². The van der Waals surface area contributed by atoms with Crippen LogP contribution in [0.25, 0.3) is 16.2 Å². The monoisotopic (exact) mass is 248 g/mol. The first kappa shape index (κ1) is 11.7. The van der Waals surface area contributed by atoms with Crippen LogP contribution in [-0.2, 0) is 4.79 Å². The van der Waals surface area contributed by atoms with Crippen LogP contribution in [0.3, 0.4) is 0 Å². The predicted octanol–water partition coefficient (Wildman–Crippen LogP) is 3.48. The number of phenols is 1. The van der Waals surface area contributed by atoms with Crippen LogP contribution in [0, 0.1) is 6.92 Å². The molecule has 1 heterocycles. The van der Waals surface area contributed by atoms with Gasteiger partial charge in [-0.15, -0.1) is 11.3 Å². The number of ether oxygens (including phenoxy) is 1. The quantitative estimate of drug-likeness (QED) is 0.827. The molecule has 0 amide bonds. The Bertz CT molecular complexity index is 611. The molecule has 0 radical (unpaired) electrons. The molecule has 0 bridgehead atoms. The number of aromatic hydroxyl groups is 1. The van der Waals surface area contributed by atoms with Crippen molar-refractivity contribution in [2.24, 2.45) is 0 Å². The second-order valence-corrected chi connectivity index (χ2v) is 4.95. The highest BCUT2D eigenvalue weighted by atomic mass is 32.1. The lowest BCUT2D eigenvalue weighted by atomic mass is 10.1. The molecule has 0 aliphatic carbocycles. The van der Waals surface area contributed by atoms with Crippen LogP contribution >= 0.6 is 11.3 Å². The molecule has 4 heteroatoms. The predicted molar refractivity (Wildman–Crippen MR) is 69.6 cm³/mol. The number of carbonyl (C=O) groups is 1. The molecule has 0 aliphatic rings. The highest BCUT2D eigenvalue weighted by Gasteiger charge is 2.15. The van der Waals surface area contributed by atoms with Crippen molar-refractivity contribution in [2.45, 2.75) is 13.8 Å². The normalized spacial score (nSPS) is 10.5. The maximum Gasteiger partial charge on any atom is 0.308 e. The molecular formula is C13H12O3S. The SMILES string of the molecule is C=Cc1cc(O)cc2sc(C)c(OC(C)=O)c12. The number of aryl methyl sites for hydroxylation is 1. The second kappa shape index (κ2) is 4.22. The van der Waals surface area contributed by atoms with Crippen LogP contribution in [0.5, 0.6) is 11.5 Å². The van der Waals surface area contributed by atoms with E-state index < -0.39 is 0 Å². The Morgan fingerprint density at radius 1 is 1.53 bits per heavy atom. The Morgan fingerprint density at radius 3 is 2.82 bits per heavy atom. The van der Waals surface area contributed by atoms with Gasteiger partial charge in [0.05, 0.1) is 0 Å². The summed E-state index contributed by atoms with van der Waals surface area (Å²) in [4.78, 5) is 12.0. The molecule has 0 saturated carbocycles. The van der Waals surface area contributed by atoms with Crippen molar-refractivity contribution in [3.05, 3.63) is 29.2 Å². The van der Waals surface area contributed by atoms with Crippen molar-refractivity contribution < 1.29 is 14.6 Å². The summed E-state index contributed by atoms with van der Waals surface area (Å²) in [5.74, 6) is 0.395. The van der Waals surface area contributed by atoms with Gasteiger partial charge < -0.3 is 9.84 Å². The topological polar surface area (TPSA) is 46.5 Å². The second-order valence-electron chi connectivity index (χ2n) is 3.69. The van der Waals surface area contributed by atoms with E-state index in [2.05, 4.69) is 6.58 Å². The number of rotatable bonds is 2. The van der Waals surface area contributed by atoms with E-state index in [1.165, 1.54) is 18.3 Å². The van der Waals surface area contributed by atoms with E-state index in [4.69, 9.17) is 4.74 Å². The Hall–Kier alpha value is -1.81. The molecule has 0 atom stereocenters. The largest absolute Gasteiger partial charge is 0.508 e. The van der Waals surface area contributed by atoms with E-state index in [-0.39, 0.29) is 11.7 Å². The third-order valence-electron chi connectivity index (χ3n) is 2.39. The molecular weight excluding hydrogens is 236 g/mol. The number of phenolic OH excluding ortho intramolecular Hbond substituents is 1. The van der Waals surface area contributed by atoms with Gasteiger partial charge in [-0.25, -0.2) is 0 Å². The zero-order chi connectivity index (χ0) is 12.6. The fourth-order valence-electron chi connectivity index (χ4n) is 1.76. The van der Waals surface area contributed by atoms with E-state index in [0.717, 1.165) is 20.5 Å². The van der Waals surface area contributed by atoms with E-state index in [0.29, 0.717) is 5.75 Å². The van der Waals surface area contributed by atoms with Gasteiger partial charge in [0.15, 0.2) is 5.75 Å². The van der Waals surface area contributed by atoms with Crippen LogP contribution in [-0.4, -0.2) is 11.1 Å². The summed E-state index contributed by atoms with van der Waals surface area (Å²) in [7, 11) is 0. The first-order valence-corrected chi connectivity index (χ1v) is 5.91. The van der Waals surface area contributed by atoms with Crippen molar-refractivity contribution in [3.8, 4) is 11.5 Å². The number of benzene rings is 1. The molecule has 1 aromatic carbocycles. The zero-order valence-electron chi connectivity index (χ0n) is 9.61. The standard InChI is InChI=1S/C13H12O3S/c1-4-9-5-10(15)6-11-12(9)13(7(2)17-11)16-8(3)14/h4-6,15H,1H2,2-3H3. The number of hydrogen-bond acceptors (Lipinski definition) is 4. The van der Waals surface area contributed by atoms with Crippen molar-refractivity contribution >= 4 is 33.5 Å². The molecule has 0 saturated heterocycles. The summed E-state index contributed by atoms with van der Waals surface area (Å²) in [5, 5.41) is 10.4. The highest BCUT2D eigenvalue weighted by Crippen LogP contribution is 2.41. The van der Waals surface area contributed by atoms with Gasteiger partial charge in [0.2, 0.25) is 0 Å². The third kappa shape index (κ3) is 2.03. The number of fused-ring (bicyclic) bond motifs is 1. The number of esters is 1. The van der Waals surface area contributed by atoms with Crippen LogP contribution in [0.15, 0.2) is 18.7 Å². The number of hydrogen-bond donors (Lipinski definition) is 1. The molecule has 0 aliphatic heterocycles. The van der Waals surface area contributed by atoms with Crippen molar-refractivity contribution in [1.82, 2.24) is 0 Å². The Labute approximate surface area is 103 Å². The Morgan fingerprint density at radius 2 is 2.24 bits per heavy atom. The summed E-state index contributed by atoms with van der Waals surface area (Å²) >= 11 is 1.48. The minimum Gasteiger partial charge on any atom is -0.508 e. The molecule has 2 rings (SSSR count). The van der Waals surface area contributed by atoms with Gasteiger partial charge in [-0.3, -0.25) is 4.79 Å². The van der Waals surface area contributed by atoms with E-state index in [9.17, 15) is 9.90 Å². The first-order chi connectivity index (χ1) is 8.02. The average molecular weight is 248 g/mol. The Kier molecular flexibility index (Phi) is 2.90. The molecule has 0 fully saturated rings. The highest BCUT2D eigenvalue weighted by molar-refractivity contribution is 7.19. The fourth-order valence-corrected chi connectivity index (χ4v) is 2.82. The Balaban J connectivity index is 2.78. The molecule has 0 spiro atoms. The molecule has 3 nitrogen and oxygen atoms in total. The fraction of sp³-hybridized carbons (Fsp3) is 0.154. The van der Waals surface area contributed by atoms with Crippen LogP contribution < -0.4 is 4.74 Å². The lowest BCUT2D eigenvalue weighted by molar-refractivity contribution is -0.131. The van der Waals surface area contributed by atoms with Gasteiger partial charge in [-0.2, -0.15) is 0 Å². The maximum atomic E-state index is 11.1. The van der Waals surface area contributed by atoms with Gasteiger partial charge in [0.1, 0.15) is 5.75 Å². The third-order valence-corrected chi connectivity index (χ3v) is 3.43. The summed E-state index contributed by atoms with van der Waals surface area (Å²) < 4.78 is 6.11. The lowest BCUT2D eigenvalue weighted by Gasteiger charge is -2.04. The lowest BCUT2D eigenvalue weighted by Crippen LogP contribution is -2.01. The van der Waals surface area contributed by atoms with Gasteiger partial charge >= 0.3 is 5.97 Å². The zero-order valence-corrected chi connectivity index (χ0v) is 10.4. The van der Waals surface area contributed by atoms with Gasteiger partial charge in [-0.1, -0.05) is 12.7 Å². The molecule has 1 N–H and O–H groups in total. The van der Waals surface area contributed by atoms with Crippen molar-refractivity contribution in [1.29, 1.82) is 0 Å². The van der Waals surface area contributed by atoms with Crippen LogP contribution in [0.1, 0.15) is 17.4 Å². The van der Waals surface area contributed by atoms with E-state index >= 15 is 0 Å². The summed E-state index contributed by atoms with van der Waals surface area (Å²) in [5.41, 5.74) is 0.764. The molecule has 88 valence electrons. The van der Waals surface area contributed by atoms with E-state index in [1.54, 1.807) is 18.2 Å². The van der Waals surface area contributed by atoms with Gasteiger partial charge in [-0.05, 0) is 24.6 Å².